The lowest BCUT2D eigenvalue weighted by Crippen LogP contribution is -2.20. The van der Waals surface area contributed by atoms with E-state index in [0.29, 0.717) is 5.41 Å². The molecule has 0 saturated carbocycles. The summed E-state index contributed by atoms with van der Waals surface area (Å²) in [5.41, 5.74) is 2.95. The molecule has 0 spiro atoms. The summed E-state index contributed by atoms with van der Waals surface area (Å²) < 4.78 is 0. The molecule has 0 amide bonds. The molecule has 0 bridgehead atoms. The minimum absolute atomic E-state index is 0.299. The van der Waals surface area contributed by atoms with Crippen molar-refractivity contribution in [1.82, 2.24) is 5.32 Å². The molecule has 0 fully saturated rings. The zero-order valence-corrected chi connectivity index (χ0v) is 7.70. The van der Waals surface area contributed by atoms with E-state index in [1.165, 1.54) is 11.3 Å². The van der Waals surface area contributed by atoms with Crippen molar-refractivity contribution in [2.45, 2.75) is 26.7 Å². The van der Waals surface area contributed by atoms with Crippen LogP contribution < -0.4 is 5.32 Å². The van der Waals surface area contributed by atoms with E-state index in [9.17, 15) is 0 Å². The van der Waals surface area contributed by atoms with Crippen molar-refractivity contribution in [3.8, 4) is 0 Å². The molecular weight excluding hydrogens is 134 g/mol. The lowest BCUT2D eigenvalue weighted by Gasteiger charge is -2.28. The molecule has 62 valence electrons. The highest BCUT2D eigenvalue weighted by Gasteiger charge is 2.21. The van der Waals surface area contributed by atoms with Gasteiger partial charge in [-0.2, -0.15) is 0 Å². The fraction of sp³-hybridized carbons (Fsp3) is 0.600. The summed E-state index contributed by atoms with van der Waals surface area (Å²) in [6.45, 7) is 8.52. The summed E-state index contributed by atoms with van der Waals surface area (Å²) >= 11 is 0. The van der Waals surface area contributed by atoms with Gasteiger partial charge in [0, 0.05) is 19.2 Å². The predicted octanol–water partition coefficient (Wildman–Crippen LogP) is 2.47. The van der Waals surface area contributed by atoms with Crippen LogP contribution in [0.25, 0.3) is 0 Å². The third-order valence-corrected chi connectivity index (χ3v) is 2.03. The average Bonchev–Trinajstić information content (AvgIpc) is 1.83. The third kappa shape index (κ3) is 2.11. The first-order valence-electron chi connectivity index (χ1n) is 4.10. The summed E-state index contributed by atoms with van der Waals surface area (Å²) in [7, 11) is 1.97. The zero-order chi connectivity index (χ0) is 8.48. The monoisotopic (exact) mass is 151 g/mol. The van der Waals surface area contributed by atoms with Crippen molar-refractivity contribution in [1.29, 1.82) is 0 Å². The molecule has 1 rings (SSSR count). The molecule has 0 radical (unpaired) electrons. The van der Waals surface area contributed by atoms with Gasteiger partial charge in [-0.3, -0.25) is 0 Å². The largest absolute Gasteiger partial charge is 0.391 e. The van der Waals surface area contributed by atoms with E-state index >= 15 is 0 Å². The zero-order valence-electron chi connectivity index (χ0n) is 7.70. The molecule has 11 heavy (non-hydrogen) atoms. The van der Waals surface area contributed by atoms with Crippen LogP contribution >= 0.6 is 0 Å². The maximum absolute atomic E-state index is 4.03. The second-order valence-corrected chi connectivity index (χ2v) is 4.01. The minimum Gasteiger partial charge on any atom is -0.391 e. The van der Waals surface area contributed by atoms with E-state index in [4.69, 9.17) is 0 Å². The molecule has 0 atom stereocenters. The van der Waals surface area contributed by atoms with Crippen molar-refractivity contribution >= 4 is 0 Å². The number of nitrogens with one attached hydrogen (secondary N) is 1. The molecule has 1 aliphatic carbocycles. The van der Waals surface area contributed by atoms with Gasteiger partial charge in [0.2, 0.25) is 0 Å². The van der Waals surface area contributed by atoms with Gasteiger partial charge in [0.1, 0.15) is 0 Å². The molecule has 0 aliphatic heterocycles. The first kappa shape index (κ1) is 8.38. The van der Waals surface area contributed by atoms with Crippen LogP contribution in [0.1, 0.15) is 26.7 Å². The van der Waals surface area contributed by atoms with Gasteiger partial charge in [-0.25, -0.2) is 0 Å². The van der Waals surface area contributed by atoms with Gasteiger partial charge in [0.05, 0.1) is 0 Å². The van der Waals surface area contributed by atoms with Gasteiger partial charge < -0.3 is 5.32 Å². The van der Waals surface area contributed by atoms with Gasteiger partial charge in [-0.05, 0) is 11.8 Å². The Kier molecular flexibility index (Phi) is 2.08. The van der Waals surface area contributed by atoms with E-state index in [1.807, 2.05) is 7.05 Å². The Balaban J connectivity index is 2.82. The van der Waals surface area contributed by atoms with Gasteiger partial charge in [0.25, 0.3) is 0 Å². The second-order valence-electron chi connectivity index (χ2n) is 4.01. The summed E-state index contributed by atoms with van der Waals surface area (Å²) in [6.07, 6.45) is 4.46. The van der Waals surface area contributed by atoms with Crippen LogP contribution in [-0.2, 0) is 0 Å². The third-order valence-electron chi connectivity index (χ3n) is 2.03. The van der Waals surface area contributed by atoms with Crippen molar-refractivity contribution in [2.75, 3.05) is 7.05 Å². The molecule has 0 aromatic carbocycles. The molecule has 1 aliphatic rings. The Morgan fingerprint density at radius 2 is 2.18 bits per heavy atom. The first-order valence-corrected chi connectivity index (χ1v) is 4.10. The van der Waals surface area contributed by atoms with E-state index in [2.05, 4.69) is 31.8 Å². The second kappa shape index (κ2) is 2.72. The summed E-state index contributed by atoms with van der Waals surface area (Å²) in [5.74, 6) is 0. The van der Waals surface area contributed by atoms with E-state index in [-0.39, 0.29) is 0 Å². The Morgan fingerprint density at radius 3 is 2.64 bits per heavy atom. The van der Waals surface area contributed by atoms with Gasteiger partial charge in [0.15, 0.2) is 0 Å². The Bertz CT molecular complexity index is 199. The molecule has 0 heterocycles. The maximum Gasteiger partial charge on any atom is 0.0110 e. The maximum atomic E-state index is 4.03. The van der Waals surface area contributed by atoms with Crippen molar-refractivity contribution in [2.24, 2.45) is 5.41 Å². The molecule has 0 aromatic heterocycles. The fourth-order valence-corrected chi connectivity index (χ4v) is 1.71. The van der Waals surface area contributed by atoms with Crippen molar-refractivity contribution in [3.05, 3.63) is 23.9 Å². The van der Waals surface area contributed by atoms with Crippen LogP contribution in [0.4, 0.5) is 0 Å². The van der Waals surface area contributed by atoms with Crippen molar-refractivity contribution in [3.63, 3.8) is 0 Å². The van der Waals surface area contributed by atoms with Gasteiger partial charge in [-0.1, -0.05) is 32.1 Å². The molecule has 0 saturated heterocycles. The van der Waals surface area contributed by atoms with Crippen LogP contribution in [0, 0.1) is 5.41 Å². The number of rotatable bonds is 1. The highest BCUT2D eigenvalue weighted by Crippen LogP contribution is 2.34. The van der Waals surface area contributed by atoms with Crippen LogP contribution in [0.15, 0.2) is 23.9 Å². The summed E-state index contributed by atoms with van der Waals surface area (Å²) in [5, 5.41) is 3.19. The van der Waals surface area contributed by atoms with Crippen LogP contribution in [0.2, 0.25) is 0 Å². The normalized spacial score (nSPS) is 22.8. The topological polar surface area (TPSA) is 12.0 Å². The number of hydrogen-bond donors (Lipinski definition) is 1. The lowest BCUT2D eigenvalue weighted by atomic mass is 9.79. The number of allylic oxidation sites excluding steroid dienone is 2. The first-order chi connectivity index (χ1) is 5.03. The van der Waals surface area contributed by atoms with Crippen LogP contribution in [0.3, 0.4) is 0 Å². The minimum atomic E-state index is 0.299. The summed E-state index contributed by atoms with van der Waals surface area (Å²) in [6, 6.07) is 0. The molecular formula is C10H17N. The highest BCUT2D eigenvalue weighted by atomic mass is 14.8. The fourth-order valence-electron chi connectivity index (χ4n) is 1.71. The Morgan fingerprint density at radius 1 is 1.55 bits per heavy atom. The number of hydrogen-bond acceptors (Lipinski definition) is 1. The standard InChI is InChI=1S/C10H17N/c1-8-5-9(11-4)7-10(2,3)6-8/h7,11H,1,5-6H2,2-4H3. The molecule has 0 unspecified atom stereocenters. The van der Waals surface area contributed by atoms with E-state index in [0.717, 1.165) is 12.8 Å². The SMILES string of the molecule is C=C1CC(NC)=CC(C)(C)C1. The van der Waals surface area contributed by atoms with E-state index < -0.39 is 0 Å². The van der Waals surface area contributed by atoms with Gasteiger partial charge in [-0.15, -0.1) is 0 Å². The van der Waals surface area contributed by atoms with Crippen molar-refractivity contribution < 1.29 is 0 Å². The summed E-state index contributed by atoms with van der Waals surface area (Å²) in [4.78, 5) is 0. The smallest absolute Gasteiger partial charge is 0.0110 e. The van der Waals surface area contributed by atoms with Gasteiger partial charge >= 0.3 is 0 Å². The molecule has 0 aromatic rings. The molecule has 1 nitrogen and oxygen atoms in total. The van der Waals surface area contributed by atoms with Crippen LogP contribution in [0.5, 0.6) is 0 Å². The Hall–Kier alpha value is -0.720. The average molecular weight is 151 g/mol. The lowest BCUT2D eigenvalue weighted by molar-refractivity contribution is 0.447. The quantitative estimate of drug-likeness (QED) is 0.568. The molecule has 1 N–H and O–H groups in total. The van der Waals surface area contributed by atoms with E-state index in [1.54, 1.807) is 0 Å². The highest BCUT2D eigenvalue weighted by molar-refractivity contribution is 5.21. The Labute approximate surface area is 69.2 Å². The molecule has 1 heteroatoms. The predicted molar refractivity (Wildman–Crippen MR) is 49.3 cm³/mol. The van der Waals surface area contributed by atoms with Crippen LogP contribution in [-0.4, -0.2) is 7.05 Å².